The molecule has 10 nitrogen and oxygen atoms in total. The van der Waals surface area contributed by atoms with Crippen LogP contribution in [-0.2, 0) is 10.1 Å². The smallest absolute Gasteiger partial charge is 0.346 e. The van der Waals surface area contributed by atoms with Crippen molar-refractivity contribution >= 4 is 22.0 Å². The number of benzene rings is 2. The number of hydrogen-bond acceptors (Lipinski definition) is 8. The van der Waals surface area contributed by atoms with Crippen molar-refractivity contribution in [1.82, 2.24) is 14.9 Å². The van der Waals surface area contributed by atoms with Crippen LogP contribution in [0.15, 0.2) is 71.2 Å². The third kappa shape index (κ3) is 3.89. The van der Waals surface area contributed by atoms with E-state index >= 15 is 0 Å². The van der Waals surface area contributed by atoms with Gasteiger partial charge < -0.3 is 4.18 Å². The van der Waals surface area contributed by atoms with Gasteiger partial charge in [0, 0.05) is 6.07 Å². The maximum absolute atomic E-state index is 12.3. The Morgan fingerprint density at radius 2 is 1.73 bits per heavy atom. The summed E-state index contributed by atoms with van der Waals surface area (Å²) in [6.45, 7) is 0. The van der Waals surface area contributed by atoms with Gasteiger partial charge in [0.2, 0.25) is 0 Å². The molecule has 26 heavy (non-hydrogen) atoms. The predicted molar refractivity (Wildman–Crippen MR) is 90.4 cm³/mol. The van der Waals surface area contributed by atoms with Crippen LogP contribution in [-0.4, -0.2) is 34.4 Å². The Balaban J connectivity index is 1.79. The summed E-state index contributed by atoms with van der Waals surface area (Å²) in [5.74, 6) is 0.0181. The molecule has 0 radical (unpaired) electrons. The van der Waals surface area contributed by atoms with Gasteiger partial charge in [-0.2, -0.15) is 13.5 Å². The Hall–Kier alpha value is -3.60. The molecular formula is C15H11N5O5S. The molecule has 0 amide bonds. The molecule has 0 bridgehead atoms. The molecule has 0 saturated heterocycles. The molecule has 0 unspecified atom stereocenters. The highest BCUT2D eigenvalue weighted by atomic mass is 32.2. The van der Waals surface area contributed by atoms with Gasteiger partial charge in [-0.3, -0.25) is 10.1 Å². The lowest BCUT2D eigenvalue weighted by molar-refractivity contribution is -0.387. The Morgan fingerprint density at radius 1 is 1.08 bits per heavy atom. The van der Waals surface area contributed by atoms with Crippen LogP contribution in [0.4, 0.5) is 5.69 Å². The molecule has 3 aromatic rings. The maximum atomic E-state index is 12.3. The van der Waals surface area contributed by atoms with E-state index in [2.05, 4.69) is 15.3 Å². The number of rotatable bonds is 6. The van der Waals surface area contributed by atoms with Gasteiger partial charge in [0.25, 0.3) is 5.69 Å². The molecule has 0 atom stereocenters. The molecule has 0 aliphatic heterocycles. The summed E-state index contributed by atoms with van der Waals surface area (Å²) in [4.78, 5) is 9.71. The third-order valence-corrected chi connectivity index (χ3v) is 4.46. The monoisotopic (exact) mass is 373 g/mol. The van der Waals surface area contributed by atoms with Crippen molar-refractivity contribution in [3.63, 3.8) is 0 Å². The molecule has 0 aliphatic carbocycles. The summed E-state index contributed by atoms with van der Waals surface area (Å²) in [7, 11) is -4.35. The van der Waals surface area contributed by atoms with E-state index < -0.39 is 25.6 Å². The van der Waals surface area contributed by atoms with Crippen molar-refractivity contribution in [2.75, 3.05) is 0 Å². The number of nitro groups is 1. The summed E-state index contributed by atoms with van der Waals surface area (Å²) in [5, 5.41) is 22.3. The fourth-order valence-electron chi connectivity index (χ4n) is 1.99. The van der Waals surface area contributed by atoms with E-state index in [0.717, 1.165) is 12.1 Å². The lowest BCUT2D eigenvalue weighted by Crippen LogP contribution is -2.11. The van der Waals surface area contributed by atoms with Crippen LogP contribution in [0.1, 0.15) is 5.56 Å². The zero-order chi connectivity index (χ0) is 18.6. The predicted octanol–water partition coefficient (Wildman–Crippen LogP) is 1.84. The second-order valence-electron chi connectivity index (χ2n) is 4.92. The second kappa shape index (κ2) is 7.11. The minimum Gasteiger partial charge on any atom is -0.379 e. The fourth-order valence-corrected chi connectivity index (χ4v) is 3.09. The Labute approximate surface area is 147 Å². The van der Waals surface area contributed by atoms with Crippen molar-refractivity contribution in [1.29, 1.82) is 0 Å². The molecule has 0 N–H and O–H groups in total. The van der Waals surface area contributed by atoms with Crippen molar-refractivity contribution < 1.29 is 17.5 Å². The van der Waals surface area contributed by atoms with E-state index in [-0.39, 0.29) is 5.75 Å². The normalized spacial score (nSPS) is 11.5. The van der Waals surface area contributed by atoms with Crippen LogP contribution >= 0.6 is 0 Å². The molecule has 0 spiro atoms. The number of hydrogen-bond donors (Lipinski definition) is 0. The van der Waals surface area contributed by atoms with Crippen LogP contribution < -0.4 is 4.18 Å². The molecule has 0 saturated carbocycles. The van der Waals surface area contributed by atoms with Gasteiger partial charge in [0.15, 0.2) is 4.90 Å². The summed E-state index contributed by atoms with van der Waals surface area (Å²) in [6, 6.07) is 11.0. The Kier molecular flexibility index (Phi) is 4.71. The summed E-state index contributed by atoms with van der Waals surface area (Å²) in [6.07, 6.45) is 4.34. The minimum absolute atomic E-state index is 0.0181. The van der Waals surface area contributed by atoms with E-state index in [0.29, 0.717) is 5.56 Å². The largest absolute Gasteiger partial charge is 0.379 e. The SMILES string of the molecule is O=[N+]([O-])c1ccccc1S(=O)(=O)Oc1ccc(C=Nn2cnnc2)cc1. The maximum Gasteiger partial charge on any atom is 0.346 e. The average Bonchev–Trinajstić information content (AvgIpc) is 3.14. The highest BCUT2D eigenvalue weighted by Crippen LogP contribution is 2.26. The molecule has 11 heteroatoms. The zero-order valence-corrected chi connectivity index (χ0v) is 13.9. The van der Waals surface area contributed by atoms with E-state index in [1.165, 1.54) is 47.8 Å². The standard InChI is InChI=1S/C15H11N5O5S/c21-20(22)14-3-1-2-4-15(14)26(23,24)25-13-7-5-12(6-8-13)9-18-19-10-16-17-11-19/h1-11H. The van der Waals surface area contributed by atoms with Gasteiger partial charge >= 0.3 is 10.1 Å². The van der Waals surface area contributed by atoms with Gasteiger partial charge in [-0.05, 0) is 35.9 Å². The minimum atomic E-state index is -4.35. The number of para-hydroxylation sites is 1. The highest BCUT2D eigenvalue weighted by Gasteiger charge is 2.27. The van der Waals surface area contributed by atoms with Crippen LogP contribution in [0.5, 0.6) is 5.75 Å². The van der Waals surface area contributed by atoms with Crippen LogP contribution in [0.2, 0.25) is 0 Å². The first-order valence-electron chi connectivity index (χ1n) is 7.13. The van der Waals surface area contributed by atoms with Crippen LogP contribution in [0, 0.1) is 10.1 Å². The first kappa shape index (κ1) is 17.2. The average molecular weight is 373 g/mol. The van der Waals surface area contributed by atoms with Gasteiger partial charge in [0.05, 0.1) is 11.1 Å². The Bertz CT molecular complexity index is 1050. The summed E-state index contributed by atoms with van der Waals surface area (Å²) < 4.78 is 31.0. The topological polar surface area (TPSA) is 130 Å². The van der Waals surface area contributed by atoms with Crippen molar-refractivity contribution in [3.05, 3.63) is 76.9 Å². The van der Waals surface area contributed by atoms with Crippen molar-refractivity contribution in [2.45, 2.75) is 4.90 Å². The zero-order valence-electron chi connectivity index (χ0n) is 13.0. The van der Waals surface area contributed by atoms with Crippen LogP contribution in [0.25, 0.3) is 0 Å². The molecule has 1 aromatic heterocycles. The lowest BCUT2D eigenvalue weighted by Gasteiger charge is -2.07. The van der Waals surface area contributed by atoms with Crippen molar-refractivity contribution in [3.8, 4) is 5.75 Å². The number of nitrogens with zero attached hydrogens (tertiary/aromatic N) is 5. The van der Waals surface area contributed by atoms with E-state index in [1.54, 1.807) is 12.1 Å². The molecule has 132 valence electrons. The Morgan fingerprint density at radius 3 is 2.38 bits per heavy atom. The third-order valence-electron chi connectivity index (χ3n) is 3.16. The number of aromatic nitrogens is 3. The highest BCUT2D eigenvalue weighted by molar-refractivity contribution is 7.87. The van der Waals surface area contributed by atoms with Gasteiger partial charge in [0.1, 0.15) is 18.4 Å². The van der Waals surface area contributed by atoms with E-state index in [4.69, 9.17) is 4.18 Å². The number of nitro benzene ring substituents is 1. The fraction of sp³-hybridized carbons (Fsp3) is 0. The first-order chi connectivity index (χ1) is 12.5. The molecule has 0 aliphatic rings. The lowest BCUT2D eigenvalue weighted by atomic mass is 10.2. The van der Waals surface area contributed by atoms with Gasteiger partial charge in [-0.1, -0.05) is 12.1 Å². The molecule has 3 rings (SSSR count). The van der Waals surface area contributed by atoms with Gasteiger partial charge in [-0.25, -0.2) is 4.68 Å². The quantitative estimate of drug-likeness (QED) is 0.279. The van der Waals surface area contributed by atoms with Crippen molar-refractivity contribution in [2.24, 2.45) is 5.10 Å². The molecule has 0 fully saturated rings. The second-order valence-corrected chi connectivity index (χ2v) is 6.43. The molecular weight excluding hydrogens is 362 g/mol. The molecule has 2 aromatic carbocycles. The van der Waals surface area contributed by atoms with Gasteiger partial charge in [-0.15, -0.1) is 10.2 Å². The molecule has 1 heterocycles. The summed E-state index contributed by atoms with van der Waals surface area (Å²) in [5.41, 5.74) is 0.124. The van der Waals surface area contributed by atoms with E-state index in [9.17, 15) is 18.5 Å². The van der Waals surface area contributed by atoms with Crippen LogP contribution in [0.3, 0.4) is 0 Å². The summed E-state index contributed by atoms with van der Waals surface area (Å²) >= 11 is 0. The first-order valence-corrected chi connectivity index (χ1v) is 8.53. The van der Waals surface area contributed by atoms with E-state index in [1.807, 2.05) is 0 Å².